The van der Waals surface area contributed by atoms with Crippen LogP contribution in [0.3, 0.4) is 0 Å². The van der Waals surface area contributed by atoms with Crippen molar-refractivity contribution in [3.05, 3.63) is 141 Å². The first kappa shape index (κ1) is 63.3. The molecule has 6 amide bonds. The third-order valence-electron chi connectivity index (χ3n) is 16.8. The molecule has 1 saturated heterocycles. The first-order valence-electron chi connectivity index (χ1n) is 29.7. The minimum atomic E-state index is -3.11. The van der Waals surface area contributed by atoms with Crippen molar-refractivity contribution in [2.24, 2.45) is 5.92 Å². The Labute approximate surface area is 512 Å². The molecule has 0 aromatic heterocycles. The summed E-state index contributed by atoms with van der Waals surface area (Å²) >= 11 is 1.46. The number of ether oxygens (including phenoxy) is 3. The fourth-order valence-electron chi connectivity index (χ4n) is 12.3. The van der Waals surface area contributed by atoms with Gasteiger partial charge in [0.15, 0.2) is 17.3 Å². The largest absolute Gasteiger partial charge is 0.493 e. The Morgan fingerprint density at radius 2 is 1.23 bits per heavy atom. The molecule has 5 heterocycles. The molecule has 19 nitrogen and oxygen atoms in total. The molecule has 0 aliphatic carbocycles. The molecular weight excluding hydrogens is 1150 g/mol. The van der Waals surface area contributed by atoms with Gasteiger partial charge in [-0.05, 0) is 171 Å². The number of hydrogen-bond donors (Lipinski definition) is 2. The third kappa shape index (κ3) is 15.2. The zero-order valence-electron chi connectivity index (χ0n) is 49.6. The second-order valence-corrected chi connectivity index (χ2v) is 24.8. The van der Waals surface area contributed by atoms with Crippen molar-refractivity contribution in [1.82, 2.24) is 10.2 Å². The number of benzene rings is 5. The summed E-state index contributed by atoms with van der Waals surface area (Å²) in [6, 6.07) is 28.6. The minimum absolute atomic E-state index is 0.000643. The highest BCUT2D eigenvalue weighted by molar-refractivity contribution is 8.00. The number of carbonyl (C=O) groups is 8. The number of hydrogen-bond acceptors (Lipinski definition) is 15. The highest BCUT2D eigenvalue weighted by atomic mass is 32.2. The lowest BCUT2D eigenvalue weighted by Gasteiger charge is -2.23. The van der Waals surface area contributed by atoms with Crippen molar-refractivity contribution < 1.29 is 65.2 Å². The number of anilines is 3. The Morgan fingerprint density at radius 3 is 1.83 bits per heavy atom. The highest BCUT2D eigenvalue weighted by Gasteiger charge is 2.40. The summed E-state index contributed by atoms with van der Waals surface area (Å²) in [6.45, 7) is 7.53. The smallest absolute Gasteiger partial charge is 0.425 e. The van der Waals surface area contributed by atoms with Crippen LogP contribution in [0.2, 0.25) is 0 Å². The van der Waals surface area contributed by atoms with Gasteiger partial charge in [-0.3, -0.25) is 43.3 Å². The van der Waals surface area contributed by atoms with Crippen LogP contribution in [0, 0.1) is 12.8 Å². The average molecular weight is 1220 g/mol. The number of Topliss-reactive ketones (excluding diaryl/α,β-unsaturated/α-hetero) is 2. The molecule has 1 fully saturated rings. The van der Waals surface area contributed by atoms with Crippen LogP contribution in [0.15, 0.2) is 91.0 Å². The van der Waals surface area contributed by atoms with Crippen LogP contribution < -0.4 is 34.6 Å². The molecule has 87 heavy (non-hydrogen) atoms. The highest BCUT2D eigenvalue weighted by Crippen LogP contribution is 2.42. The van der Waals surface area contributed by atoms with Gasteiger partial charge in [0, 0.05) is 84.8 Å². The predicted octanol–water partition coefficient (Wildman–Crippen LogP) is 9.02. The summed E-state index contributed by atoms with van der Waals surface area (Å²) in [4.78, 5) is 111. The van der Waals surface area contributed by atoms with E-state index in [0.29, 0.717) is 65.3 Å². The molecule has 0 saturated carbocycles. The lowest BCUT2D eigenvalue weighted by atomic mass is 9.98. The van der Waals surface area contributed by atoms with E-state index < -0.39 is 28.5 Å². The molecule has 5 aliphatic heterocycles. The van der Waals surface area contributed by atoms with Gasteiger partial charge in [-0.15, -0.1) is 24.4 Å². The van der Waals surface area contributed by atoms with Gasteiger partial charge in [0.25, 0.3) is 11.8 Å². The number of amides is 6. The van der Waals surface area contributed by atoms with Crippen LogP contribution in [-0.2, 0) is 78.3 Å². The maximum absolute atomic E-state index is 14.2. The normalized spacial score (nSPS) is 17.9. The van der Waals surface area contributed by atoms with Crippen molar-refractivity contribution in [2.45, 2.75) is 154 Å². The van der Waals surface area contributed by atoms with E-state index in [4.69, 9.17) is 26.8 Å². The van der Waals surface area contributed by atoms with Gasteiger partial charge in [0.05, 0.1) is 18.4 Å². The number of nitrogens with zero attached hydrogens (tertiary/aromatic N) is 3. The van der Waals surface area contributed by atoms with E-state index in [1.54, 1.807) is 27.0 Å². The molecule has 2 N–H and O–H groups in total. The average Bonchev–Trinajstić information content (AvgIpc) is 1.93. The van der Waals surface area contributed by atoms with Gasteiger partial charge in [-0.1, -0.05) is 50.2 Å². The van der Waals surface area contributed by atoms with Crippen LogP contribution in [0.25, 0.3) is 0 Å². The number of methoxy groups -OCH3 is 1. The number of rotatable bonds is 24. The van der Waals surface area contributed by atoms with E-state index in [-0.39, 0.29) is 110 Å². The van der Waals surface area contributed by atoms with Gasteiger partial charge in [-0.2, -0.15) is 0 Å². The molecule has 0 radical (unpaired) electrons. The van der Waals surface area contributed by atoms with Crippen molar-refractivity contribution in [2.75, 3.05) is 34.5 Å². The number of nitrogens with one attached hydrogen (secondary N) is 2. The molecule has 5 aromatic rings. The minimum Gasteiger partial charge on any atom is -0.493 e. The van der Waals surface area contributed by atoms with E-state index in [1.807, 2.05) is 96.4 Å². The number of ketones is 2. The summed E-state index contributed by atoms with van der Waals surface area (Å²) in [7, 11) is -1.57. The summed E-state index contributed by atoms with van der Waals surface area (Å²) in [5, 5.41) is 5.43. The first-order valence-corrected chi connectivity index (χ1v) is 31.8. The van der Waals surface area contributed by atoms with Gasteiger partial charge in [0.2, 0.25) is 23.6 Å². The second-order valence-electron chi connectivity index (χ2n) is 22.9. The molecule has 0 bridgehead atoms. The van der Waals surface area contributed by atoms with Gasteiger partial charge < -0.3 is 34.6 Å². The summed E-state index contributed by atoms with van der Waals surface area (Å²) in [5.74, 6) is 0.00409. The van der Waals surface area contributed by atoms with Gasteiger partial charge in [-0.25, -0.2) is 0 Å². The summed E-state index contributed by atoms with van der Waals surface area (Å²) in [6.07, 6.45) is 6.65. The molecule has 458 valence electrons. The van der Waals surface area contributed by atoms with Crippen LogP contribution in [0.5, 0.6) is 17.2 Å². The van der Waals surface area contributed by atoms with E-state index in [1.165, 1.54) is 27.8 Å². The van der Waals surface area contributed by atoms with Gasteiger partial charge in [0.1, 0.15) is 24.7 Å². The van der Waals surface area contributed by atoms with E-state index >= 15 is 0 Å². The Kier molecular flexibility index (Phi) is 20.8. The molecule has 5 atom stereocenters. The topological polar surface area (TPSA) is 249 Å². The Balaban J connectivity index is 0.00000219. The number of para-hydroxylation sites is 2. The zero-order valence-corrected chi connectivity index (χ0v) is 51.3. The molecule has 5 aromatic carbocycles. The van der Waals surface area contributed by atoms with Crippen LogP contribution >= 0.6 is 11.8 Å². The molecule has 10 rings (SSSR count). The Bertz CT molecular complexity index is 3620. The van der Waals surface area contributed by atoms with Crippen molar-refractivity contribution >= 4 is 86.4 Å². The number of aryl methyl sites for hydroxylation is 3. The quantitative estimate of drug-likeness (QED) is 0.0432. The zero-order chi connectivity index (χ0) is 62.1. The van der Waals surface area contributed by atoms with Crippen LogP contribution in [0.4, 0.5) is 17.1 Å². The molecule has 1 unspecified atom stereocenters. The standard InChI is InChI=1S/C66H73N5O11S.O3S/c1-6-83-60-36-62(75)69(66(60)79)25-13-17-51(72)16-9-12-20-61(74)67-41(4)56(73)27-40(3)63(76)68-48-29-42(37-81-57-33-44-21-23-49-31-46-14-7-10-18-54(46)70(49)64(77)52(44)26-39(57)2)28-43(30-48)38-82-59-34-45-22-24-50-32-47-15-8-11-19-55(47)71(50)65(78)53(45)35-58(59)80-5;1-4(2)3/h7-8,10-11,14-15,18-19,26,28-30,33-35,40-41,49-50,60H,6,9,12-13,16-17,20-25,27,31-32,36-38H2,1-5H3,(H,67,74)(H,68,76);/t40-,41+,49-,50-,60?;/m1./s1. The summed E-state index contributed by atoms with van der Waals surface area (Å²) in [5.41, 5.74) is 10.0. The lowest BCUT2D eigenvalue weighted by molar-refractivity contribution is -0.138. The molecule has 21 heteroatoms. The second kappa shape index (κ2) is 28.6. The number of imide groups is 1. The SMILES string of the molecule is CCSC1CC(=O)N(CCCC(=O)CCCCC(=O)N[C@@H](C)C(=O)C[C@@H](C)C(=O)Nc2cc(COc3cc4c(cc3C)C(=O)N3c5ccccc5C[C@H]3CC4)cc(COc3cc4c(cc3OC)C(=O)N3c5ccccc5C[C@H]3CC4)c2)C1=O.O=S(=O)=O. The summed E-state index contributed by atoms with van der Waals surface area (Å²) < 4.78 is 44.3. The third-order valence-corrected chi connectivity index (χ3v) is 17.9. The molecule has 5 aliphatic rings. The van der Waals surface area contributed by atoms with E-state index in [0.717, 1.165) is 71.5 Å². The maximum atomic E-state index is 14.2. The van der Waals surface area contributed by atoms with Crippen molar-refractivity contribution in [3.63, 3.8) is 0 Å². The molecular formula is C66H73N5O14S2. The Hall–Kier alpha value is -8.17. The molecule has 0 spiro atoms. The first-order chi connectivity index (χ1) is 41.8. The van der Waals surface area contributed by atoms with Gasteiger partial charge >= 0.3 is 10.6 Å². The Morgan fingerprint density at radius 1 is 0.678 bits per heavy atom. The number of unbranched alkanes of at least 4 members (excludes halogenated alkanes) is 1. The maximum Gasteiger partial charge on any atom is 0.425 e. The monoisotopic (exact) mass is 1220 g/mol. The number of thioether (sulfide) groups is 1. The van der Waals surface area contributed by atoms with E-state index in [2.05, 4.69) is 22.8 Å². The fraction of sp³-hybridized carbons (Fsp3) is 0.424. The van der Waals surface area contributed by atoms with Crippen molar-refractivity contribution in [3.8, 4) is 17.2 Å². The number of fused-ring (bicyclic) bond motifs is 8. The fourth-order valence-corrected chi connectivity index (χ4v) is 13.3. The predicted molar refractivity (Wildman–Crippen MR) is 328 cm³/mol. The number of likely N-dealkylation sites (tertiary alicyclic amines) is 1. The van der Waals surface area contributed by atoms with Crippen LogP contribution in [0.1, 0.15) is 145 Å². The lowest BCUT2D eigenvalue weighted by Crippen LogP contribution is -2.39. The van der Waals surface area contributed by atoms with Crippen molar-refractivity contribution in [1.29, 1.82) is 0 Å². The van der Waals surface area contributed by atoms with E-state index in [9.17, 15) is 38.4 Å². The van der Waals surface area contributed by atoms with Crippen LogP contribution in [-0.4, -0.2) is 107 Å². The number of carbonyl (C=O) groups excluding carboxylic acids is 8.